The Bertz CT molecular complexity index is 302. The Hall–Kier alpha value is -1.10. The Labute approximate surface area is 103 Å². The number of nitrogens with one attached hydrogen (secondary N) is 1. The molecule has 1 aliphatic heterocycles. The molecule has 5 nitrogen and oxygen atoms in total. The predicted molar refractivity (Wildman–Crippen MR) is 66.3 cm³/mol. The van der Waals surface area contributed by atoms with Gasteiger partial charge < -0.3 is 16.0 Å². The van der Waals surface area contributed by atoms with Gasteiger partial charge in [-0.3, -0.25) is 9.59 Å². The van der Waals surface area contributed by atoms with Crippen molar-refractivity contribution >= 4 is 11.8 Å². The van der Waals surface area contributed by atoms with Crippen molar-refractivity contribution in [2.24, 2.45) is 11.1 Å². The molecular weight excluding hydrogens is 218 g/mol. The van der Waals surface area contributed by atoms with E-state index in [0.29, 0.717) is 32.5 Å². The number of nitrogens with zero attached hydrogens (tertiary/aromatic N) is 1. The van der Waals surface area contributed by atoms with Crippen LogP contribution < -0.4 is 11.1 Å². The molecule has 0 aromatic rings. The third-order valence-corrected chi connectivity index (χ3v) is 3.16. The molecule has 1 saturated heterocycles. The van der Waals surface area contributed by atoms with Crippen LogP contribution in [0.4, 0.5) is 0 Å². The molecule has 98 valence electrons. The molecule has 0 spiro atoms. The molecular formula is C12H23N3O2. The lowest BCUT2D eigenvalue weighted by atomic mass is 9.93. The molecule has 0 aromatic heterocycles. The van der Waals surface area contributed by atoms with Crippen molar-refractivity contribution in [2.75, 3.05) is 19.6 Å². The van der Waals surface area contributed by atoms with E-state index in [1.807, 2.05) is 20.8 Å². The van der Waals surface area contributed by atoms with E-state index in [-0.39, 0.29) is 23.3 Å². The first-order chi connectivity index (χ1) is 7.89. The van der Waals surface area contributed by atoms with Gasteiger partial charge in [0.2, 0.25) is 11.8 Å². The molecule has 1 heterocycles. The molecule has 3 N–H and O–H groups in total. The third-order valence-electron chi connectivity index (χ3n) is 3.16. The summed E-state index contributed by atoms with van der Waals surface area (Å²) < 4.78 is 0. The maximum Gasteiger partial charge on any atom is 0.245 e. The fraction of sp³-hybridized carbons (Fsp3) is 0.833. The molecule has 1 atom stereocenters. The van der Waals surface area contributed by atoms with Crippen LogP contribution in [-0.4, -0.2) is 42.4 Å². The second kappa shape index (κ2) is 5.49. The Kier molecular flexibility index (Phi) is 4.51. The van der Waals surface area contributed by atoms with Gasteiger partial charge in [-0.25, -0.2) is 0 Å². The van der Waals surface area contributed by atoms with Gasteiger partial charge in [-0.2, -0.15) is 0 Å². The molecule has 17 heavy (non-hydrogen) atoms. The van der Waals surface area contributed by atoms with Gasteiger partial charge in [-0.05, 0) is 25.3 Å². The SMILES string of the molecule is CCN(CC(C)(C)CN)C(=O)[C@@H]1CCC(=O)N1. The molecule has 0 unspecified atom stereocenters. The zero-order valence-corrected chi connectivity index (χ0v) is 11.0. The quantitative estimate of drug-likeness (QED) is 0.716. The summed E-state index contributed by atoms with van der Waals surface area (Å²) in [6.45, 7) is 7.83. The van der Waals surface area contributed by atoms with Crippen molar-refractivity contribution in [1.29, 1.82) is 0 Å². The van der Waals surface area contributed by atoms with Crippen LogP contribution in [0, 0.1) is 5.41 Å². The first-order valence-corrected chi connectivity index (χ1v) is 6.18. The topological polar surface area (TPSA) is 75.4 Å². The number of nitrogens with two attached hydrogens (primary N) is 1. The Morgan fingerprint density at radius 1 is 1.59 bits per heavy atom. The van der Waals surface area contributed by atoms with Gasteiger partial charge in [0, 0.05) is 19.5 Å². The molecule has 2 amide bonds. The van der Waals surface area contributed by atoms with Crippen molar-refractivity contribution in [3.05, 3.63) is 0 Å². The summed E-state index contributed by atoms with van der Waals surface area (Å²) in [6, 6.07) is -0.337. The molecule has 5 heteroatoms. The van der Waals surface area contributed by atoms with E-state index in [1.165, 1.54) is 0 Å². The van der Waals surface area contributed by atoms with Gasteiger partial charge in [0.05, 0.1) is 0 Å². The highest BCUT2D eigenvalue weighted by Gasteiger charge is 2.32. The summed E-state index contributed by atoms with van der Waals surface area (Å²) in [6.07, 6.45) is 1.06. The monoisotopic (exact) mass is 241 g/mol. The third kappa shape index (κ3) is 3.70. The fourth-order valence-corrected chi connectivity index (χ4v) is 1.95. The van der Waals surface area contributed by atoms with Gasteiger partial charge in [0.15, 0.2) is 0 Å². The first-order valence-electron chi connectivity index (χ1n) is 6.18. The molecule has 0 aromatic carbocycles. The minimum Gasteiger partial charge on any atom is -0.344 e. The van der Waals surface area contributed by atoms with Gasteiger partial charge >= 0.3 is 0 Å². The second-order valence-corrected chi connectivity index (χ2v) is 5.38. The number of carbonyl (C=O) groups excluding carboxylic acids is 2. The largest absolute Gasteiger partial charge is 0.344 e. The van der Waals surface area contributed by atoms with Crippen LogP contribution in [0.1, 0.15) is 33.6 Å². The van der Waals surface area contributed by atoms with Crippen LogP contribution in [0.2, 0.25) is 0 Å². The smallest absolute Gasteiger partial charge is 0.245 e. The Morgan fingerprint density at radius 3 is 2.65 bits per heavy atom. The molecule has 0 saturated carbocycles. The second-order valence-electron chi connectivity index (χ2n) is 5.38. The predicted octanol–water partition coefficient (Wildman–Crippen LogP) is 0.0984. The van der Waals surface area contributed by atoms with E-state index in [0.717, 1.165) is 0 Å². The van der Waals surface area contributed by atoms with Crippen molar-refractivity contribution in [1.82, 2.24) is 10.2 Å². The van der Waals surface area contributed by atoms with E-state index in [9.17, 15) is 9.59 Å². The highest BCUT2D eigenvalue weighted by Crippen LogP contribution is 2.17. The highest BCUT2D eigenvalue weighted by atomic mass is 16.2. The van der Waals surface area contributed by atoms with Crippen LogP contribution in [0.5, 0.6) is 0 Å². The van der Waals surface area contributed by atoms with Gasteiger partial charge in [0.1, 0.15) is 6.04 Å². The summed E-state index contributed by atoms with van der Waals surface area (Å²) >= 11 is 0. The molecule has 1 rings (SSSR count). The number of hydrogen-bond acceptors (Lipinski definition) is 3. The van der Waals surface area contributed by atoms with E-state index < -0.39 is 0 Å². The molecule has 1 aliphatic rings. The Morgan fingerprint density at radius 2 is 2.24 bits per heavy atom. The molecule has 0 aliphatic carbocycles. The van der Waals surface area contributed by atoms with Crippen molar-refractivity contribution in [3.8, 4) is 0 Å². The number of rotatable bonds is 5. The summed E-state index contributed by atoms with van der Waals surface area (Å²) in [5.41, 5.74) is 5.59. The average molecular weight is 241 g/mol. The lowest BCUT2D eigenvalue weighted by Crippen LogP contribution is -2.48. The van der Waals surface area contributed by atoms with Gasteiger partial charge in [0.25, 0.3) is 0 Å². The molecule has 1 fully saturated rings. The highest BCUT2D eigenvalue weighted by molar-refractivity contribution is 5.90. The van der Waals surface area contributed by atoms with Crippen LogP contribution >= 0.6 is 0 Å². The van der Waals surface area contributed by atoms with Crippen molar-refractivity contribution in [3.63, 3.8) is 0 Å². The number of amides is 2. The van der Waals surface area contributed by atoms with E-state index in [2.05, 4.69) is 5.32 Å². The average Bonchev–Trinajstić information content (AvgIpc) is 2.72. The van der Waals surface area contributed by atoms with Crippen LogP contribution in [0.15, 0.2) is 0 Å². The summed E-state index contributed by atoms with van der Waals surface area (Å²) in [7, 11) is 0. The lowest BCUT2D eigenvalue weighted by Gasteiger charge is -2.32. The van der Waals surface area contributed by atoms with Crippen molar-refractivity contribution in [2.45, 2.75) is 39.7 Å². The molecule has 0 radical (unpaired) electrons. The van der Waals surface area contributed by atoms with E-state index in [4.69, 9.17) is 5.73 Å². The van der Waals surface area contributed by atoms with Gasteiger partial charge in [-0.15, -0.1) is 0 Å². The normalized spacial score (nSPS) is 20.2. The van der Waals surface area contributed by atoms with E-state index >= 15 is 0 Å². The zero-order chi connectivity index (χ0) is 13.1. The zero-order valence-electron chi connectivity index (χ0n) is 11.0. The van der Waals surface area contributed by atoms with Crippen LogP contribution in [0.3, 0.4) is 0 Å². The minimum absolute atomic E-state index is 0.0138. The number of hydrogen-bond donors (Lipinski definition) is 2. The first kappa shape index (κ1) is 14.0. The lowest BCUT2D eigenvalue weighted by molar-refractivity contribution is -0.135. The van der Waals surface area contributed by atoms with Gasteiger partial charge in [-0.1, -0.05) is 13.8 Å². The maximum atomic E-state index is 12.2. The van der Waals surface area contributed by atoms with Crippen LogP contribution in [-0.2, 0) is 9.59 Å². The van der Waals surface area contributed by atoms with Crippen LogP contribution in [0.25, 0.3) is 0 Å². The summed E-state index contributed by atoms with van der Waals surface area (Å²) in [4.78, 5) is 25.1. The molecule has 0 bridgehead atoms. The standard InChI is InChI=1S/C12H23N3O2/c1-4-15(8-12(2,3)7-13)11(17)9-5-6-10(16)14-9/h9H,4-8,13H2,1-3H3,(H,14,16)/t9-/m0/s1. The summed E-state index contributed by atoms with van der Waals surface area (Å²) in [5.74, 6) is -0.0163. The minimum atomic E-state index is -0.337. The number of likely N-dealkylation sites (N-methyl/N-ethyl adjacent to an activating group) is 1. The fourth-order valence-electron chi connectivity index (χ4n) is 1.95. The summed E-state index contributed by atoms with van der Waals surface area (Å²) in [5, 5.41) is 2.71. The number of carbonyl (C=O) groups is 2. The maximum absolute atomic E-state index is 12.2. The van der Waals surface area contributed by atoms with E-state index in [1.54, 1.807) is 4.90 Å². The Balaban J connectivity index is 2.61. The van der Waals surface area contributed by atoms with Crippen molar-refractivity contribution < 1.29 is 9.59 Å².